The first kappa shape index (κ1) is 21.6. The van der Waals surface area contributed by atoms with Crippen molar-refractivity contribution in [2.24, 2.45) is 4.99 Å². The number of aliphatic imine (C=N–C) groups is 1. The zero-order valence-electron chi connectivity index (χ0n) is 17.3. The van der Waals surface area contributed by atoms with Gasteiger partial charge in [0, 0.05) is 37.4 Å². The summed E-state index contributed by atoms with van der Waals surface area (Å²) in [7, 11) is 3.67. The molecular weight excluding hydrogens is 400 g/mol. The van der Waals surface area contributed by atoms with Crippen molar-refractivity contribution in [2.45, 2.75) is 26.2 Å². The van der Waals surface area contributed by atoms with Crippen LogP contribution in [-0.2, 0) is 14.3 Å². The van der Waals surface area contributed by atoms with Crippen LogP contribution in [0, 0.1) is 0 Å². The minimum absolute atomic E-state index is 0.158. The van der Waals surface area contributed by atoms with Crippen molar-refractivity contribution < 1.29 is 19.1 Å². The largest absolute Gasteiger partial charge is 0.462 e. The Balaban J connectivity index is 2.27. The summed E-state index contributed by atoms with van der Waals surface area (Å²) >= 11 is 1.27. The lowest BCUT2D eigenvalue weighted by molar-refractivity contribution is -0.123. The summed E-state index contributed by atoms with van der Waals surface area (Å²) in [6.45, 7) is 1.98. The number of carbonyl (C=O) groups excluding carboxylic acids is 3. The molecule has 0 aliphatic heterocycles. The molecule has 30 heavy (non-hydrogen) atoms. The van der Waals surface area contributed by atoms with Crippen molar-refractivity contribution in [2.75, 3.05) is 20.7 Å². The first-order valence-electron chi connectivity index (χ1n) is 9.80. The Hall–Kier alpha value is -3.06. The third-order valence-electron chi connectivity index (χ3n) is 4.55. The van der Waals surface area contributed by atoms with Gasteiger partial charge in [0.1, 0.15) is 10.6 Å². The molecule has 1 aromatic heterocycles. The molecule has 3 rings (SSSR count). The minimum atomic E-state index is -0.482. The van der Waals surface area contributed by atoms with E-state index in [1.807, 2.05) is 44.4 Å². The lowest BCUT2D eigenvalue weighted by atomic mass is 9.91. The van der Waals surface area contributed by atoms with Gasteiger partial charge in [-0.2, -0.15) is 0 Å². The van der Waals surface area contributed by atoms with Crippen molar-refractivity contribution in [3.05, 3.63) is 46.3 Å². The maximum Gasteiger partial charge on any atom is 0.341 e. The molecule has 7 heteroatoms. The van der Waals surface area contributed by atoms with Gasteiger partial charge >= 0.3 is 5.97 Å². The number of ketones is 2. The number of Topliss-reactive ketones (excluding diaryl/α,β-unsaturated/α-hetero) is 2. The van der Waals surface area contributed by atoms with Gasteiger partial charge in [0.25, 0.3) is 0 Å². The van der Waals surface area contributed by atoms with Crippen LogP contribution in [0.25, 0.3) is 17.2 Å². The van der Waals surface area contributed by atoms with Crippen LogP contribution in [0.2, 0.25) is 0 Å². The van der Waals surface area contributed by atoms with Crippen molar-refractivity contribution in [1.29, 1.82) is 0 Å². The Morgan fingerprint density at radius 1 is 1.17 bits per heavy atom. The predicted molar refractivity (Wildman–Crippen MR) is 119 cm³/mol. The van der Waals surface area contributed by atoms with Crippen LogP contribution >= 0.6 is 11.3 Å². The number of nitrogens with zero attached hydrogens (tertiary/aromatic N) is 2. The third-order valence-corrected chi connectivity index (χ3v) is 5.59. The number of ether oxygens (including phenoxy) is 1. The van der Waals surface area contributed by atoms with E-state index in [1.54, 1.807) is 24.2 Å². The molecule has 0 spiro atoms. The van der Waals surface area contributed by atoms with Gasteiger partial charge < -0.3 is 9.64 Å². The molecule has 0 radical (unpaired) electrons. The highest BCUT2D eigenvalue weighted by atomic mass is 32.1. The van der Waals surface area contributed by atoms with Gasteiger partial charge in [0.15, 0.2) is 11.6 Å². The average molecular weight is 425 g/mol. The lowest BCUT2D eigenvalue weighted by Gasteiger charge is -2.12. The van der Waals surface area contributed by atoms with E-state index < -0.39 is 5.97 Å². The average Bonchev–Trinajstić information content (AvgIpc) is 3.08. The second kappa shape index (κ2) is 9.63. The van der Waals surface area contributed by atoms with Crippen molar-refractivity contribution in [3.63, 3.8) is 0 Å². The fourth-order valence-corrected chi connectivity index (χ4v) is 4.30. The highest BCUT2D eigenvalue weighted by Crippen LogP contribution is 2.44. The smallest absolute Gasteiger partial charge is 0.341 e. The number of rotatable bonds is 6. The van der Waals surface area contributed by atoms with Gasteiger partial charge in [0.05, 0.1) is 18.5 Å². The Labute approximate surface area is 179 Å². The summed E-state index contributed by atoms with van der Waals surface area (Å²) < 4.78 is 5.31. The molecule has 1 saturated carbocycles. The SMILES string of the molecule is CCOC(=O)c1c(N=CN(C)C)sc(C=C2C(=O)CCCC2=O)c1-c1ccccc1. The summed E-state index contributed by atoms with van der Waals surface area (Å²) in [6, 6.07) is 9.40. The molecule has 0 N–H and O–H groups in total. The third kappa shape index (κ3) is 4.74. The number of thiophene rings is 1. The number of esters is 1. The summed E-state index contributed by atoms with van der Waals surface area (Å²) in [5, 5.41) is 0.476. The summed E-state index contributed by atoms with van der Waals surface area (Å²) in [5.74, 6) is -0.797. The maximum atomic E-state index is 12.9. The van der Waals surface area contributed by atoms with Crippen LogP contribution in [0.3, 0.4) is 0 Å². The van der Waals surface area contributed by atoms with E-state index in [4.69, 9.17) is 4.74 Å². The van der Waals surface area contributed by atoms with Gasteiger partial charge in [-0.3, -0.25) is 9.59 Å². The van der Waals surface area contributed by atoms with Gasteiger partial charge in [-0.05, 0) is 25.0 Å². The lowest BCUT2D eigenvalue weighted by Crippen LogP contribution is -2.18. The zero-order valence-corrected chi connectivity index (χ0v) is 18.1. The number of allylic oxidation sites excluding steroid dienone is 1. The van der Waals surface area contributed by atoms with Crippen LogP contribution in [0.15, 0.2) is 40.9 Å². The van der Waals surface area contributed by atoms with Gasteiger partial charge in [0.2, 0.25) is 0 Å². The van der Waals surface area contributed by atoms with Gasteiger partial charge in [-0.25, -0.2) is 9.79 Å². The first-order chi connectivity index (χ1) is 14.4. The number of carbonyl (C=O) groups is 3. The van der Waals surface area contributed by atoms with E-state index in [-0.39, 0.29) is 23.7 Å². The molecule has 156 valence electrons. The standard InChI is InChI=1S/C23H24N2O4S/c1-4-29-23(28)21-20(15-9-6-5-7-10-15)19(30-22(21)24-14-25(2)3)13-16-17(26)11-8-12-18(16)27/h5-7,9-10,13-14H,4,8,11-12H2,1-3H3. The number of hydrogen-bond acceptors (Lipinski definition) is 6. The monoisotopic (exact) mass is 424 g/mol. The fourth-order valence-electron chi connectivity index (χ4n) is 3.21. The summed E-state index contributed by atoms with van der Waals surface area (Å²) in [4.78, 5) is 44.5. The molecule has 0 bridgehead atoms. The first-order valence-corrected chi connectivity index (χ1v) is 10.6. The highest BCUT2D eigenvalue weighted by Gasteiger charge is 2.28. The van der Waals surface area contributed by atoms with Crippen molar-refractivity contribution in [1.82, 2.24) is 4.90 Å². The minimum Gasteiger partial charge on any atom is -0.462 e. The van der Waals surface area contributed by atoms with Crippen LogP contribution in [0.4, 0.5) is 5.00 Å². The molecule has 0 saturated heterocycles. The molecule has 1 aliphatic rings. The Morgan fingerprint density at radius 3 is 2.43 bits per heavy atom. The molecule has 6 nitrogen and oxygen atoms in total. The zero-order chi connectivity index (χ0) is 21.7. The van der Waals surface area contributed by atoms with E-state index in [0.717, 1.165) is 5.56 Å². The van der Waals surface area contributed by atoms with Crippen LogP contribution in [0.1, 0.15) is 41.4 Å². The highest BCUT2D eigenvalue weighted by molar-refractivity contribution is 7.17. The molecule has 2 aromatic rings. The summed E-state index contributed by atoms with van der Waals surface area (Å²) in [5.41, 5.74) is 1.96. The van der Waals surface area contributed by atoms with Crippen LogP contribution < -0.4 is 0 Å². The predicted octanol–water partition coefficient (Wildman–Crippen LogP) is 4.52. The Kier molecular flexibility index (Phi) is 6.95. The fraction of sp³-hybridized carbons (Fsp3) is 0.304. The van der Waals surface area contributed by atoms with Gasteiger partial charge in [-0.15, -0.1) is 11.3 Å². The molecular formula is C23H24N2O4S. The molecule has 1 heterocycles. The quantitative estimate of drug-likeness (QED) is 0.224. The number of hydrogen-bond donors (Lipinski definition) is 0. The van der Waals surface area contributed by atoms with E-state index in [1.165, 1.54) is 11.3 Å². The normalized spacial score (nSPS) is 14.3. The van der Waals surface area contributed by atoms with E-state index in [9.17, 15) is 14.4 Å². The van der Waals surface area contributed by atoms with Gasteiger partial charge in [-0.1, -0.05) is 30.3 Å². The second-order valence-electron chi connectivity index (χ2n) is 7.07. The van der Waals surface area contributed by atoms with E-state index in [0.29, 0.717) is 40.3 Å². The van der Waals surface area contributed by atoms with E-state index in [2.05, 4.69) is 4.99 Å². The molecule has 0 unspecified atom stereocenters. The maximum absolute atomic E-state index is 12.9. The van der Waals surface area contributed by atoms with Crippen LogP contribution in [-0.4, -0.2) is 49.5 Å². The molecule has 1 aromatic carbocycles. The van der Waals surface area contributed by atoms with E-state index >= 15 is 0 Å². The Bertz CT molecular complexity index is 1000. The van der Waals surface area contributed by atoms with Crippen molar-refractivity contribution in [3.8, 4) is 11.1 Å². The van der Waals surface area contributed by atoms with Crippen molar-refractivity contribution >= 4 is 46.3 Å². The topological polar surface area (TPSA) is 76.0 Å². The molecule has 1 fully saturated rings. The number of benzene rings is 1. The summed E-state index contributed by atoms with van der Waals surface area (Å²) in [6.07, 6.45) is 4.53. The molecule has 0 atom stereocenters. The van der Waals surface area contributed by atoms with Crippen LogP contribution in [0.5, 0.6) is 0 Å². The second-order valence-corrected chi connectivity index (χ2v) is 8.10. The molecule has 0 amide bonds. The Morgan fingerprint density at radius 2 is 1.83 bits per heavy atom. The molecule has 1 aliphatic carbocycles.